The molecule has 8 heteroatoms. The van der Waals surface area contributed by atoms with Crippen LogP contribution in [0.15, 0.2) is 48.7 Å². The zero-order valence-corrected chi connectivity index (χ0v) is 16.3. The van der Waals surface area contributed by atoms with E-state index in [1.807, 2.05) is 30.3 Å². The highest BCUT2D eigenvalue weighted by atomic mass is 19.4. The third-order valence-corrected chi connectivity index (χ3v) is 4.57. The lowest BCUT2D eigenvalue weighted by molar-refractivity contribution is -0.137. The highest BCUT2D eigenvalue weighted by molar-refractivity contribution is 5.80. The highest BCUT2D eigenvalue weighted by Crippen LogP contribution is 2.31. The first kappa shape index (κ1) is 21.0. The molecular formula is C21H23F3N4O. The maximum atomic E-state index is 13.2. The predicted octanol–water partition coefficient (Wildman–Crippen LogP) is 4.16. The molecule has 0 spiro atoms. The number of alkyl halides is 3. The second kappa shape index (κ2) is 7.94. The van der Waals surface area contributed by atoms with E-state index in [9.17, 15) is 18.0 Å². The summed E-state index contributed by atoms with van der Waals surface area (Å²) in [7, 11) is 0. The molecule has 0 saturated carbocycles. The van der Waals surface area contributed by atoms with Gasteiger partial charge in [-0.25, -0.2) is 0 Å². The minimum atomic E-state index is -4.48. The van der Waals surface area contributed by atoms with Gasteiger partial charge in [-0.3, -0.25) is 9.20 Å². The summed E-state index contributed by atoms with van der Waals surface area (Å²) in [6.45, 7) is 3.53. The average Bonchev–Trinajstić information content (AvgIpc) is 3.03. The van der Waals surface area contributed by atoms with Crippen LogP contribution in [-0.4, -0.2) is 25.9 Å². The first-order valence-corrected chi connectivity index (χ1v) is 9.29. The summed E-state index contributed by atoms with van der Waals surface area (Å²) in [4.78, 5) is 12.6. The summed E-state index contributed by atoms with van der Waals surface area (Å²) in [5, 5.41) is 8.12. The molecule has 2 aromatic heterocycles. The fraction of sp³-hybridized carbons (Fsp3) is 0.381. The van der Waals surface area contributed by atoms with Gasteiger partial charge in [-0.05, 0) is 38.0 Å². The van der Waals surface area contributed by atoms with Gasteiger partial charge in [0.15, 0.2) is 5.65 Å². The average molecular weight is 404 g/mol. The number of pyridine rings is 1. The zero-order valence-electron chi connectivity index (χ0n) is 16.3. The van der Waals surface area contributed by atoms with Crippen molar-refractivity contribution in [1.29, 1.82) is 0 Å². The van der Waals surface area contributed by atoms with E-state index < -0.39 is 23.2 Å². The molecule has 0 saturated heterocycles. The predicted molar refractivity (Wildman–Crippen MR) is 103 cm³/mol. The number of benzene rings is 1. The van der Waals surface area contributed by atoms with E-state index in [-0.39, 0.29) is 18.6 Å². The molecule has 3 rings (SSSR count). The maximum Gasteiger partial charge on any atom is 0.417 e. The molecule has 0 unspecified atom stereocenters. The molecule has 0 radical (unpaired) electrons. The molecule has 3 aromatic rings. The van der Waals surface area contributed by atoms with Crippen LogP contribution in [0.5, 0.6) is 0 Å². The van der Waals surface area contributed by atoms with E-state index in [0.29, 0.717) is 17.9 Å². The number of nitrogens with zero attached hydrogens (tertiary/aromatic N) is 3. The van der Waals surface area contributed by atoms with E-state index in [0.717, 1.165) is 17.8 Å². The number of ketones is 1. The van der Waals surface area contributed by atoms with Crippen molar-refractivity contribution in [3.05, 3.63) is 65.6 Å². The number of Topliss-reactive ketones (excluding diaryl/α,β-unsaturated/α-hetero) is 1. The normalized spacial score (nSPS) is 13.6. The van der Waals surface area contributed by atoms with Crippen molar-refractivity contribution < 1.29 is 18.0 Å². The molecule has 0 aliphatic heterocycles. The molecule has 5 nitrogen and oxygen atoms in total. The molecular weight excluding hydrogens is 381 g/mol. The molecule has 0 amide bonds. The number of rotatable bonds is 7. The van der Waals surface area contributed by atoms with Crippen LogP contribution in [0.2, 0.25) is 0 Å². The molecule has 1 aromatic carbocycles. The first-order chi connectivity index (χ1) is 13.5. The van der Waals surface area contributed by atoms with Crippen molar-refractivity contribution >= 4 is 11.4 Å². The lowest BCUT2D eigenvalue weighted by atomic mass is 9.89. The van der Waals surface area contributed by atoms with Crippen LogP contribution < -0.4 is 5.73 Å². The second-order valence-electron chi connectivity index (χ2n) is 8.00. The Morgan fingerprint density at radius 2 is 1.79 bits per heavy atom. The number of halogens is 3. The lowest BCUT2D eigenvalue weighted by Gasteiger charge is -2.20. The van der Waals surface area contributed by atoms with Crippen LogP contribution >= 0.6 is 0 Å². The van der Waals surface area contributed by atoms with E-state index in [2.05, 4.69) is 10.2 Å². The van der Waals surface area contributed by atoms with Crippen LogP contribution in [0.25, 0.3) is 5.65 Å². The van der Waals surface area contributed by atoms with Crippen LogP contribution in [0, 0.1) is 0 Å². The molecule has 2 N–H and O–H groups in total. The van der Waals surface area contributed by atoms with Crippen molar-refractivity contribution in [2.75, 3.05) is 0 Å². The van der Waals surface area contributed by atoms with Crippen LogP contribution in [-0.2, 0) is 17.4 Å². The van der Waals surface area contributed by atoms with Crippen molar-refractivity contribution in [2.45, 2.75) is 50.7 Å². The molecule has 154 valence electrons. The Balaban J connectivity index is 1.99. The lowest BCUT2D eigenvalue weighted by Crippen LogP contribution is -2.35. The maximum absolute atomic E-state index is 13.2. The molecule has 29 heavy (non-hydrogen) atoms. The van der Waals surface area contributed by atoms with Gasteiger partial charge in [0.05, 0.1) is 5.56 Å². The Bertz CT molecular complexity index is 991. The Hall–Kier alpha value is -2.74. The summed E-state index contributed by atoms with van der Waals surface area (Å²) in [6.07, 6.45) is -2.76. The summed E-state index contributed by atoms with van der Waals surface area (Å²) in [5.41, 5.74) is 5.77. The number of hydrogen-bond acceptors (Lipinski definition) is 4. The van der Waals surface area contributed by atoms with Gasteiger partial charge in [0.2, 0.25) is 0 Å². The molecule has 0 aliphatic carbocycles. The van der Waals surface area contributed by atoms with Crippen molar-refractivity contribution in [3.63, 3.8) is 0 Å². The van der Waals surface area contributed by atoms with Crippen LogP contribution in [0.1, 0.15) is 49.6 Å². The van der Waals surface area contributed by atoms with Gasteiger partial charge < -0.3 is 5.73 Å². The molecule has 0 fully saturated rings. The fourth-order valence-corrected chi connectivity index (χ4v) is 3.36. The smallest absolute Gasteiger partial charge is 0.325 e. The van der Waals surface area contributed by atoms with Crippen molar-refractivity contribution in [3.8, 4) is 0 Å². The van der Waals surface area contributed by atoms with Crippen LogP contribution in [0.3, 0.4) is 0 Å². The second-order valence-corrected chi connectivity index (χ2v) is 8.00. The van der Waals surface area contributed by atoms with Gasteiger partial charge >= 0.3 is 6.18 Å². The van der Waals surface area contributed by atoms with E-state index in [4.69, 9.17) is 5.73 Å². The Labute approximate surface area is 166 Å². The number of aromatic nitrogens is 3. The largest absolute Gasteiger partial charge is 0.417 e. The quantitative estimate of drug-likeness (QED) is 0.642. The summed E-state index contributed by atoms with van der Waals surface area (Å²) in [6, 6.07) is 11.7. The van der Waals surface area contributed by atoms with Crippen molar-refractivity contribution in [1.82, 2.24) is 14.6 Å². The molecule has 0 aliphatic rings. The number of fused-ring (bicyclic) bond motifs is 1. The number of nitrogens with two attached hydrogens (primary N) is 1. The molecule has 1 atom stereocenters. The van der Waals surface area contributed by atoms with Gasteiger partial charge in [-0.15, -0.1) is 10.2 Å². The molecule has 2 heterocycles. The minimum absolute atomic E-state index is 0.0674. The van der Waals surface area contributed by atoms with E-state index in [1.165, 1.54) is 10.5 Å². The highest BCUT2D eigenvalue weighted by Gasteiger charge is 2.32. The number of carbonyl (C=O) groups is 1. The Morgan fingerprint density at radius 3 is 2.41 bits per heavy atom. The SMILES string of the molecule is CC(C)(N)CC(=O)C[C@H](Cc1ccccc1)c1nnc2ccc(C(F)(F)F)cn12. The van der Waals surface area contributed by atoms with Gasteiger partial charge in [0, 0.05) is 30.5 Å². The minimum Gasteiger partial charge on any atom is -0.325 e. The van der Waals surface area contributed by atoms with Gasteiger partial charge in [0.25, 0.3) is 0 Å². The fourth-order valence-electron chi connectivity index (χ4n) is 3.36. The Morgan fingerprint density at radius 1 is 1.10 bits per heavy atom. The van der Waals surface area contributed by atoms with Gasteiger partial charge in [0.1, 0.15) is 11.6 Å². The number of carbonyl (C=O) groups excluding carboxylic acids is 1. The van der Waals surface area contributed by atoms with E-state index >= 15 is 0 Å². The third-order valence-electron chi connectivity index (χ3n) is 4.57. The first-order valence-electron chi connectivity index (χ1n) is 9.29. The zero-order chi connectivity index (χ0) is 21.2. The monoisotopic (exact) mass is 404 g/mol. The topological polar surface area (TPSA) is 73.3 Å². The molecule has 0 bridgehead atoms. The third kappa shape index (κ3) is 5.41. The summed E-state index contributed by atoms with van der Waals surface area (Å²) >= 11 is 0. The summed E-state index contributed by atoms with van der Waals surface area (Å²) < 4.78 is 40.9. The van der Waals surface area contributed by atoms with E-state index in [1.54, 1.807) is 13.8 Å². The standard InChI is InChI=1S/C21H23F3N4O/c1-20(2,25)12-17(29)11-15(10-14-6-4-3-5-7-14)19-27-26-18-9-8-16(13-28(18)19)21(22,23)24/h3-9,13,15H,10-12,25H2,1-2H3/t15-/m0/s1. The number of hydrogen-bond donors (Lipinski definition) is 1. The summed E-state index contributed by atoms with van der Waals surface area (Å²) in [5.74, 6) is -0.161. The Kier molecular flexibility index (Phi) is 5.75. The van der Waals surface area contributed by atoms with Gasteiger partial charge in [-0.1, -0.05) is 30.3 Å². The van der Waals surface area contributed by atoms with Gasteiger partial charge in [-0.2, -0.15) is 13.2 Å². The van der Waals surface area contributed by atoms with Crippen molar-refractivity contribution in [2.24, 2.45) is 5.73 Å². The van der Waals surface area contributed by atoms with Crippen LogP contribution in [0.4, 0.5) is 13.2 Å².